The standard InChI is InChI=1S/C7H12F3NO4S/c1-5(2)16(14,15)11(3-6(12)13)4-7(8,9)10/h5H,3-4H2,1-2H3,(H,12,13). The van der Waals surface area contributed by atoms with Gasteiger partial charge in [0, 0.05) is 0 Å². The first-order valence-corrected chi connectivity index (χ1v) is 5.74. The van der Waals surface area contributed by atoms with Gasteiger partial charge in [0.1, 0.15) is 13.1 Å². The van der Waals surface area contributed by atoms with E-state index in [0.29, 0.717) is 0 Å². The second-order valence-corrected chi connectivity index (χ2v) is 5.86. The fraction of sp³-hybridized carbons (Fsp3) is 0.857. The van der Waals surface area contributed by atoms with Crippen molar-refractivity contribution in [1.82, 2.24) is 4.31 Å². The number of hydrogen-bond acceptors (Lipinski definition) is 3. The Morgan fingerprint density at radius 2 is 1.81 bits per heavy atom. The van der Waals surface area contributed by atoms with Gasteiger partial charge in [-0.2, -0.15) is 17.5 Å². The summed E-state index contributed by atoms with van der Waals surface area (Å²) in [4.78, 5) is 10.3. The second-order valence-electron chi connectivity index (χ2n) is 3.37. The highest BCUT2D eigenvalue weighted by molar-refractivity contribution is 7.89. The van der Waals surface area contributed by atoms with Crippen LogP contribution in [0.1, 0.15) is 13.8 Å². The molecule has 0 atom stereocenters. The van der Waals surface area contributed by atoms with E-state index in [-0.39, 0.29) is 4.31 Å². The molecule has 0 amide bonds. The number of rotatable bonds is 5. The van der Waals surface area contributed by atoms with Crippen LogP contribution >= 0.6 is 0 Å². The Hall–Kier alpha value is -0.830. The Bertz CT molecular complexity index is 349. The van der Waals surface area contributed by atoms with Crippen LogP contribution in [0.4, 0.5) is 13.2 Å². The molecule has 0 heterocycles. The summed E-state index contributed by atoms with van der Waals surface area (Å²) in [5.41, 5.74) is 0. The molecular formula is C7H12F3NO4S. The number of carboxylic acid groups (broad SMARTS) is 1. The van der Waals surface area contributed by atoms with Crippen LogP contribution in [-0.2, 0) is 14.8 Å². The van der Waals surface area contributed by atoms with E-state index < -0.39 is 40.5 Å². The summed E-state index contributed by atoms with van der Waals surface area (Å²) in [7, 11) is -4.23. The molecule has 0 bridgehead atoms. The number of carbonyl (C=O) groups is 1. The molecule has 0 aromatic carbocycles. The van der Waals surface area contributed by atoms with Crippen molar-refractivity contribution < 1.29 is 31.5 Å². The summed E-state index contributed by atoms with van der Waals surface area (Å²) in [5.74, 6) is -1.63. The molecule has 0 aliphatic heterocycles. The maximum Gasteiger partial charge on any atom is 0.402 e. The van der Waals surface area contributed by atoms with Gasteiger partial charge in [-0.15, -0.1) is 0 Å². The third-order valence-electron chi connectivity index (χ3n) is 1.62. The minimum Gasteiger partial charge on any atom is -0.480 e. The van der Waals surface area contributed by atoms with Gasteiger partial charge in [0.25, 0.3) is 0 Å². The third kappa shape index (κ3) is 4.79. The predicted molar refractivity (Wildman–Crippen MR) is 49.3 cm³/mol. The maximum atomic E-state index is 12.1. The van der Waals surface area contributed by atoms with Crippen molar-refractivity contribution in [1.29, 1.82) is 0 Å². The Balaban J connectivity index is 5.03. The fourth-order valence-corrected chi connectivity index (χ4v) is 2.10. The normalized spacial score (nSPS) is 13.4. The van der Waals surface area contributed by atoms with Gasteiger partial charge in [-0.25, -0.2) is 8.42 Å². The third-order valence-corrected chi connectivity index (χ3v) is 3.79. The zero-order chi connectivity index (χ0) is 13.1. The van der Waals surface area contributed by atoms with Crippen molar-refractivity contribution in [2.75, 3.05) is 13.1 Å². The van der Waals surface area contributed by atoms with Crippen LogP contribution in [0.25, 0.3) is 0 Å². The highest BCUT2D eigenvalue weighted by atomic mass is 32.2. The van der Waals surface area contributed by atoms with E-state index in [2.05, 4.69) is 0 Å². The molecular weight excluding hydrogens is 251 g/mol. The summed E-state index contributed by atoms with van der Waals surface area (Å²) in [6.45, 7) is -0.624. The van der Waals surface area contributed by atoms with Crippen molar-refractivity contribution >= 4 is 16.0 Å². The highest BCUT2D eigenvalue weighted by Gasteiger charge is 2.38. The molecule has 0 radical (unpaired) electrons. The summed E-state index contributed by atoms with van der Waals surface area (Å²) in [5, 5.41) is 7.25. The van der Waals surface area contributed by atoms with Crippen LogP contribution in [0.3, 0.4) is 0 Å². The van der Waals surface area contributed by atoms with Crippen molar-refractivity contribution in [2.45, 2.75) is 25.3 Å². The van der Waals surface area contributed by atoms with E-state index in [1.54, 1.807) is 0 Å². The van der Waals surface area contributed by atoms with Gasteiger partial charge < -0.3 is 5.11 Å². The number of carboxylic acids is 1. The minimum atomic E-state index is -4.77. The van der Waals surface area contributed by atoms with E-state index in [1.165, 1.54) is 13.8 Å². The lowest BCUT2D eigenvalue weighted by Crippen LogP contribution is -2.44. The topological polar surface area (TPSA) is 74.7 Å². The van der Waals surface area contributed by atoms with Gasteiger partial charge in [-0.3, -0.25) is 4.79 Å². The van der Waals surface area contributed by atoms with Crippen LogP contribution in [0.5, 0.6) is 0 Å². The van der Waals surface area contributed by atoms with E-state index >= 15 is 0 Å². The molecule has 1 N–H and O–H groups in total. The van der Waals surface area contributed by atoms with Gasteiger partial charge >= 0.3 is 12.1 Å². The molecule has 0 fully saturated rings. The SMILES string of the molecule is CC(C)S(=O)(=O)N(CC(=O)O)CC(F)(F)F. The summed E-state index contributed by atoms with van der Waals surface area (Å²) in [6.07, 6.45) is -4.77. The lowest BCUT2D eigenvalue weighted by molar-refractivity contribution is -0.146. The molecule has 0 unspecified atom stereocenters. The zero-order valence-corrected chi connectivity index (χ0v) is 9.47. The monoisotopic (exact) mass is 263 g/mol. The summed E-state index contributed by atoms with van der Waals surface area (Å²) >= 11 is 0. The second kappa shape index (κ2) is 5.00. The smallest absolute Gasteiger partial charge is 0.402 e. The Morgan fingerprint density at radius 3 is 2.06 bits per heavy atom. The number of alkyl halides is 3. The molecule has 0 saturated heterocycles. The van der Waals surface area contributed by atoms with Crippen LogP contribution in [0.2, 0.25) is 0 Å². The number of sulfonamides is 1. The summed E-state index contributed by atoms with van der Waals surface area (Å²) in [6, 6.07) is 0. The molecule has 0 rings (SSSR count). The van der Waals surface area contributed by atoms with Crippen molar-refractivity contribution in [3.8, 4) is 0 Å². The van der Waals surface area contributed by atoms with Crippen LogP contribution in [0, 0.1) is 0 Å². The minimum absolute atomic E-state index is 0.0833. The first-order chi connectivity index (χ1) is 6.97. The van der Waals surface area contributed by atoms with E-state index in [9.17, 15) is 26.4 Å². The zero-order valence-electron chi connectivity index (χ0n) is 8.65. The first-order valence-electron chi connectivity index (χ1n) is 4.24. The van der Waals surface area contributed by atoms with Crippen molar-refractivity contribution in [3.63, 3.8) is 0 Å². The summed E-state index contributed by atoms with van der Waals surface area (Å²) < 4.78 is 58.9. The van der Waals surface area contributed by atoms with Crippen LogP contribution in [0.15, 0.2) is 0 Å². The molecule has 0 aliphatic carbocycles. The molecule has 16 heavy (non-hydrogen) atoms. The number of aliphatic carboxylic acids is 1. The predicted octanol–water partition coefficient (Wildman–Crippen LogP) is 0.673. The average Bonchev–Trinajstić information content (AvgIpc) is 1.98. The van der Waals surface area contributed by atoms with Gasteiger partial charge in [-0.05, 0) is 13.8 Å². The lowest BCUT2D eigenvalue weighted by atomic mass is 10.5. The largest absolute Gasteiger partial charge is 0.480 e. The molecule has 0 aromatic heterocycles. The molecule has 9 heteroatoms. The van der Waals surface area contributed by atoms with Gasteiger partial charge in [0.2, 0.25) is 10.0 Å². The molecule has 0 aromatic rings. The van der Waals surface area contributed by atoms with Gasteiger partial charge in [-0.1, -0.05) is 0 Å². The van der Waals surface area contributed by atoms with E-state index in [0.717, 1.165) is 0 Å². The van der Waals surface area contributed by atoms with Crippen LogP contribution in [-0.4, -0.2) is 48.3 Å². The van der Waals surface area contributed by atoms with Crippen LogP contribution < -0.4 is 0 Å². The van der Waals surface area contributed by atoms with Crippen molar-refractivity contribution in [3.05, 3.63) is 0 Å². The molecule has 0 spiro atoms. The van der Waals surface area contributed by atoms with E-state index in [1.807, 2.05) is 0 Å². The molecule has 0 aliphatic rings. The number of hydrogen-bond donors (Lipinski definition) is 1. The Labute approximate surface area is 90.9 Å². The number of halogens is 3. The fourth-order valence-electron chi connectivity index (χ4n) is 0.885. The molecule has 5 nitrogen and oxygen atoms in total. The first kappa shape index (κ1) is 15.2. The Kier molecular flexibility index (Phi) is 4.74. The quantitative estimate of drug-likeness (QED) is 0.791. The Morgan fingerprint density at radius 1 is 1.38 bits per heavy atom. The molecule has 96 valence electrons. The highest BCUT2D eigenvalue weighted by Crippen LogP contribution is 2.20. The molecule has 0 saturated carbocycles. The van der Waals surface area contributed by atoms with Gasteiger partial charge in [0.15, 0.2) is 0 Å². The average molecular weight is 263 g/mol. The number of nitrogens with zero attached hydrogens (tertiary/aromatic N) is 1. The van der Waals surface area contributed by atoms with Crippen molar-refractivity contribution in [2.24, 2.45) is 0 Å². The maximum absolute atomic E-state index is 12.1. The van der Waals surface area contributed by atoms with E-state index in [4.69, 9.17) is 5.11 Å². The van der Waals surface area contributed by atoms with Gasteiger partial charge in [0.05, 0.1) is 5.25 Å². The lowest BCUT2D eigenvalue weighted by Gasteiger charge is -2.23.